The summed E-state index contributed by atoms with van der Waals surface area (Å²) in [6.45, 7) is 7.70. The molecule has 22 heavy (non-hydrogen) atoms. The van der Waals surface area contributed by atoms with Gasteiger partial charge in [0.1, 0.15) is 5.82 Å². The quantitative estimate of drug-likeness (QED) is 0.860. The van der Waals surface area contributed by atoms with Crippen molar-refractivity contribution in [2.45, 2.75) is 19.9 Å². The van der Waals surface area contributed by atoms with Crippen LogP contribution in [0.5, 0.6) is 0 Å². The summed E-state index contributed by atoms with van der Waals surface area (Å²) in [7, 11) is 0. The predicted molar refractivity (Wildman–Crippen MR) is 86.1 cm³/mol. The molecule has 1 aromatic carbocycles. The van der Waals surface area contributed by atoms with E-state index < -0.39 is 0 Å². The van der Waals surface area contributed by atoms with E-state index in [-0.39, 0.29) is 17.8 Å². The van der Waals surface area contributed by atoms with Crippen LogP contribution in [0.2, 0.25) is 0 Å². The number of nitrogens with one attached hydrogen (secondary N) is 1. The average Bonchev–Trinajstić information content (AvgIpc) is 2.51. The zero-order valence-electron chi connectivity index (χ0n) is 13.1. The highest BCUT2D eigenvalue weighted by molar-refractivity contribution is 5.95. The van der Waals surface area contributed by atoms with Gasteiger partial charge in [0.05, 0.1) is 12.6 Å². The highest BCUT2D eigenvalue weighted by Crippen LogP contribution is 2.17. The van der Waals surface area contributed by atoms with Crippen LogP contribution in [0.15, 0.2) is 18.2 Å². The van der Waals surface area contributed by atoms with Gasteiger partial charge in [-0.1, -0.05) is 12.0 Å². The molecule has 0 saturated carbocycles. The maximum atomic E-state index is 13.3. The van der Waals surface area contributed by atoms with Crippen molar-refractivity contribution in [3.05, 3.63) is 29.6 Å². The van der Waals surface area contributed by atoms with E-state index in [1.807, 2.05) is 13.8 Å². The van der Waals surface area contributed by atoms with Crippen molar-refractivity contribution in [2.75, 3.05) is 38.0 Å². The molecule has 1 aromatic rings. The lowest BCUT2D eigenvalue weighted by Crippen LogP contribution is -2.52. The number of nitrogens with zero attached hydrogens (tertiary/aromatic N) is 2. The van der Waals surface area contributed by atoms with Crippen LogP contribution in [0.1, 0.15) is 12.5 Å². The van der Waals surface area contributed by atoms with Gasteiger partial charge in [0.25, 0.3) is 0 Å². The Bertz CT molecular complexity index is 574. The van der Waals surface area contributed by atoms with Crippen LogP contribution in [-0.4, -0.2) is 54.5 Å². The fraction of sp³-hybridized carbons (Fsp3) is 0.471. The van der Waals surface area contributed by atoms with Gasteiger partial charge in [0.2, 0.25) is 5.91 Å². The third-order valence-electron chi connectivity index (χ3n) is 4.11. The number of piperazine rings is 1. The molecule has 118 valence electrons. The Morgan fingerprint density at radius 2 is 2.09 bits per heavy atom. The summed E-state index contributed by atoms with van der Waals surface area (Å²) in [6, 6.07) is 4.15. The van der Waals surface area contributed by atoms with Gasteiger partial charge in [-0.2, -0.15) is 0 Å². The second-order valence-electron chi connectivity index (χ2n) is 5.64. The van der Waals surface area contributed by atoms with Gasteiger partial charge < -0.3 is 5.32 Å². The van der Waals surface area contributed by atoms with E-state index in [9.17, 15) is 9.18 Å². The number of aryl methyl sites for hydroxylation is 1. The number of carbonyl (C=O) groups is 1. The van der Waals surface area contributed by atoms with Crippen LogP contribution in [0.4, 0.5) is 10.1 Å². The van der Waals surface area contributed by atoms with E-state index in [0.717, 1.165) is 31.7 Å². The second-order valence-corrected chi connectivity index (χ2v) is 5.64. The van der Waals surface area contributed by atoms with Gasteiger partial charge in [-0.3, -0.25) is 14.6 Å². The third kappa shape index (κ3) is 4.06. The van der Waals surface area contributed by atoms with Gasteiger partial charge >= 0.3 is 0 Å². The van der Waals surface area contributed by atoms with Crippen LogP contribution < -0.4 is 5.32 Å². The first-order valence-corrected chi connectivity index (χ1v) is 7.48. The Hall–Kier alpha value is -1.90. The summed E-state index contributed by atoms with van der Waals surface area (Å²) in [5.74, 6) is 2.18. The number of benzene rings is 1. The molecule has 1 atom stereocenters. The van der Waals surface area contributed by atoms with Crippen LogP contribution in [0.25, 0.3) is 0 Å². The molecule has 4 nitrogen and oxygen atoms in total. The Morgan fingerprint density at radius 1 is 1.41 bits per heavy atom. The standard InChI is InChI=1S/C17H22FN3O/c1-4-7-20-8-10-21(11-9-20)14(3)17(22)19-16-12-15(18)6-5-13(16)2/h1,5-6,12,14H,7-11H2,2-3H3,(H,19,22)/t14-/m0/s1. The Balaban J connectivity index is 1.93. The number of halogens is 1. The SMILES string of the molecule is C#CCN1CCN([C@@H](C)C(=O)Nc2cc(F)ccc2C)CC1. The zero-order chi connectivity index (χ0) is 16.1. The number of carbonyl (C=O) groups excluding carboxylic acids is 1. The molecule has 1 amide bonds. The minimum Gasteiger partial charge on any atom is -0.324 e. The molecule has 0 aliphatic carbocycles. The smallest absolute Gasteiger partial charge is 0.241 e. The van der Waals surface area contributed by atoms with Crippen LogP contribution in [-0.2, 0) is 4.79 Å². The molecule has 1 saturated heterocycles. The van der Waals surface area contributed by atoms with Gasteiger partial charge in [-0.15, -0.1) is 6.42 Å². The highest BCUT2D eigenvalue weighted by atomic mass is 19.1. The largest absolute Gasteiger partial charge is 0.324 e. The molecular weight excluding hydrogens is 281 g/mol. The van der Waals surface area contributed by atoms with Crippen molar-refractivity contribution in [2.24, 2.45) is 0 Å². The highest BCUT2D eigenvalue weighted by Gasteiger charge is 2.25. The molecule has 1 aliphatic rings. The van der Waals surface area contributed by atoms with Crippen molar-refractivity contribution in [1.82, 2.24) is 9.80 Å². The van der Waals surface area contributed by atoms with Crippen LogP contribution >= 0.6 is 0 Å². The average molecular weight is 303 g/mol. The topological polar surface area (TPSA) is 35.6 Å². The Kier molecular flexibility index (Phi) is 5.53. The summed E-state index contributed by atoms with van der Waals surface area (Å²) < 4.78 is 13.3. The van der Waals surface area contributed by atoms with E-state index in [1.165, 1.54) is 12.1 Å². The monoisotopic (exact) mass is 303 g/mol. The Morgan fingerprint density at radius 3 is 2.73 bits per heavy atom. The molecule has 0 aromatic heterocycles. The normalized spacial score (nSPS) is 17.7. The molecule has 0 bridgehead atoms. The summed E-state index contributed by atoms with van der Waals surface area (Å²) in [6.07, 6.45) is 5.31. The minimum atomic E-state index is -0.351. The molecule has 0 radical (unpaired) electrons. The number of terminal acetylenes is 1. The minimum absolute atomic E-state index is 0.112. The van der Waals surface area contributed by atoms with Crippen LogP contribution in [0, 0.1) is 25.1 Å². The molecule has 0 spiro atoms. The third-order valence-corrected chi connectivity index (χ3v) is 4.11. The summed E-state index contributed by atoms with van der Waals surface area (Å²) in [5, 5.41) is 2.82. The maximum absolute atomic E-state index is 13.3. The van der Waals surface area contributed by atoms with Crippen molar-refractivity contribution >= 4 is 11.6 Å². The second kappa shape index (κ2) is 7.39. The molecule has 1 N–H and O–H groups in total. The molecule has 1 fully saturated rings. The maximum Gasteiger partial charge on any atom is 0.241 e. The fourth-order valence-corrected chi connectivity index (χ4v) is 2.57. The summed E-state index contributed by atoms with van der Waals surface area (Å²) in [4.78, 5) is 16.7. The van der Waals surface area contributed by atoms with E-state index in [2.05, 4.69) is 21.0 Å². The number of hydrogen-bond acceptors (Lipinski definition) is 3. The lowest BCUT2D eigenvalue weighted by Gasteiger charge is -2.36. The first-order valence-electron chi connectivity index (χ1n) is 7.48. The van der Waals surface area contributed by atoms with Gasteiger partial charge in [0.15, 0.2) is 0 Å². The fourth-order valence-electron chi connectivity index (χ4n) is 2.57. The van der Waals surface area contributed by atoms with Gasteiger partial charge in [-0.05, 0) is 31.5 Å². The molecule has 5 heteroatoms. The zero-order valence-corrected chi connectivity index (χ0v) is 13.1. The van der Waals surface area contributed by atoms with Gasteiger partial charge in [0, 0.05) is 31.9 Å². The lowest BCUT2D eigenvalue weighted by molar-refractivity contribution is -0.121. The number of amides is 1. The number of rotatable bonds is 4. The van der Waals surface area contributed by atoms with Crippen molar-refractivity contribution in [3.8, 4) is 12.3 Å². The van der Waals surface area contributed by atoms with Crippen molar-refractivity contribution < 1.29 is 9.18 Å². The number of hydrogen-bond donors (Lipinski definition) is 1. The van der Waals surface area contributed by atoms with E-state index in [0.29, 0.717) is 12.2 Å². The molecule has 1 aliphatic heterocycles. The van der Waals surface area contributed by atoms with Crippen molar-refractivity contribution in [1.29, 1.82) is 0 Å². The molecule has 0 unspecified atom stereocenters. The van der Waals surface area contributed by atoms with Crippen LogP contribution in [0.3, 0.4) is 0 Å². The molecule has 1 heterocycles. The summed E-state index contributed by atoms with van der Waals surface area (Å²) in [5.41, 5.74) is 1.38. The van der Waals surface area contributed by atoms with E-state index in [1.54, 1.807) is 6.07 Å². The first-order chi connectivity index (χ1) is 10.5. The Labute approximate surface area is 131 Å². The molecular formula is C17H22FN3O. The number of anilines is 1. The van der Waals surface area contributed by atoms with E-state index in [4.69, 9.17) is 6.42 Å². The van der Waals surface area contributed by atoms with E-state index >= 15 is 0 Å². The molecule has 2 rings (SSSR count). The van der Waals surface area contributed by atoms with Crippen molar-refractivity contribution in [3.63, 3.8) is 0 Å². The predicted octanol–water partition coefficient (Wildman–Crippen LogP) is 1.71. The lowest BCUT2D eigenvalue weighted by atomic mass is 10.1. The first kappa shape index (κ1) is 16.5. The summed E-state index contributed by atoms with van der Waals surface area (Å²) >= 11 is 0. The van der Waals surface area contributed by atoms with Gasteiger partial charge in [-0.25, -0.2) is 4.39 Å².